The fourth-order valence-electron chi connectivity index (χ4n) is 2.48. The highest BCUT2D eigenvalue weighted by molar-refractivity contribution is 6.90. The molecule has 0 spiro atoms. The molecule has 0 radical (unpaired) electrons. The molecule has 0 bridgehead atoms. The van der Waals surface area contributed by atoms with Crippen LogP contribution >= 0.6 is 0 Å². The van der Waals surface area contributed by atoms with Crippen molar-refractivity contribution in [3.63, 3.8) is 0 Å². The second-order valence-corrected chi connectivity index (χ2v) is 4.19. The lowest BCUT2D eigenvalue weighted by Gasteiger charge is -2.21. The van der Waals surface area contributed by atoms with E-state index in [1.807, 2.05) is 4.90 Å². The minimum absolute atomic E-state index is 0.502. The molecule has 2 fully saturated rings. The van der Waals surface area contributed by atoms with Crippen LogP contribution in [0.3, 0.4) is 0 Å². The smallest absolute Gasteiger partial charge is 0.209 e. The number of hydrogen-bond donors (Lipinski definition) is 0. The van der Waals surface area contributed by atoms with Crippen LogP contribution in [-0.2, 0) is 4.79 Å². The Hall–Kier alpha value is -0.400. The van der Waals surface area contributed by atoms with Gasteiger partial charge in [0.2, 0.25) is 6.41 Å². The third kappa shape index (κ3) is 0.846. The fraction of sp³-hybridized carbons (Fsp3) is 0.857. The zero-order valence-electron chi connectivity index (χ0n) is 7.21. The number of carbonyl (C=O) groups excluding carboxylic acids is 1. The van der Waals surface area contributed by atoms with Gasteiger partial charge in [0.15, 0.2) is 0 Å². The molecule has 3 atom stereocenters. The molecule has 1 aliphatic heterocycles. The van der Waals surface area contributed by atoms with E-state index in [0.717, 1.165) is 13.6 Å². The van der Waals surface area contributed by atoms with Crippen LogP contribution in [0, 0.1) is 5.41 Å². The number of piperidine rings is 1. The van der Waals surface area contributed by atoms with Gasteiger partial charge in [-0.05, 0) is 24.2 Å². The van der Waals surface area contributed by atoms with Crippen LogP contribution in [0.2, 0.25) is 0 Å². The van der Waals surface area contributed by atoms with Crippen molar-refractivity contribution in [2.75, 3.05) is 0 Å². The van der Waals surface area contributed by atoms with Crippen LogP contribution in [0.15, 0.2) is 0 Å². The van der Waals surface area contributed by atoms with Gasteiger partial charge in [0.05, 0.1) is 7.74 Å². The van der Waals surface area contributed by atoms with Crippen LogP contribution in [0.5, 0.6) is 0 Å². The summed E-state index contributed by atoms with van der Waals surface area (Å²) in [7, 11) is 3.28. The van der Waals surface area contributed by atoms with Gasteiger partial charge in [-0.15, -0.1) is 0 Å². The summed E-state index contributed by atoms with van der Waals surface area (Å²) in [6.07, 6.45) is 3.51. The molecule has 2 rings (SSSR count). The molecule has 0 N–H and O–H groups in total. The van der Waals surface area contributed by atoms with E-state index in [-0.39, 0.29) is 0 Å². The van der Waals surface area contributed by atoms with Crippen LogP contribution in [-0.4, -0.2) is 38.2 Å². The van der Waals surface area contributed by atoms with E-state index in [9.17, 15) is 4.79 Å². The Kier molecular flexibility index (Phi) is 1.35. The first-order chi connectivity index (χ1) is 5.21. The molecule has 1 saturated carbocycles. The van der Waals surface area contributed by atoms with Crippen LogP contribution in [0.4, 0.5) is 0 Å². The highest BCUT2D eigenvalue weighted by Crippen LogP contribution is 2.58. The average Bonchev–Trinajstić information content (AvgIpc) is 2.56. The molecule has 2 nitrogen and oxygen atoms in total. The summed E-state index contributed by atoms with van der Waals surface area (Å²) < 4.78 is 0. The van der Waals surface area contributed by atoms with Gasteiger partial charge >= 0.3 is 0 Å². The van der Waals surface area contributed by atoms with Gasteiger partial charge in [-0.2, -0.15) is 0 Å². The number of fused-ring (bicyclic) bond motifs is 1. The van der Waals surface area contributed by atoms with Crippen molar-refractivity contribution in [3.8, 4) is 0 Å². The van der Waals surface area contributed by atoms with Crippen LogP contribution < -0.4 is 0 Å². The quantitative estimate of drug-likeness (QED) is 0.361. The summed E-state index contributed by atoms with van der Waals surface area (Å²) in [4.78, 5) is 12.7. The lowest BCUT2D eigenvalue weighted by Crippen LogP contribution is -2.36. The minimum atomic E-state index is 0.502. The summed E-state index contributed by atoms with van der Waals surface area (Å²) in [6, 6.07) is 0.588. The van der Waals surface area contributed by atoms with E-state index < -0.39 is 0 Å². The van der Waals surface area contributed by atoms with Crippen molar-refractivity contribution in [3.05, 3.63) is 0 Å². The van der Waals surface area contributed by atoms with E-state index >= 15 is 0 Å². The Labute approximate surface area is 69.0 Å². The zero-order chi connectivity index (χ0) is 8.06. The molecule has 1 amide bonds. The Morgan fingerprint density at radius 2 is 2.45 bits per heavy atom. The van der Waals surface area contributed by atoms with Gasteiger partial charge in [-0.1, -0.05) is 6.92 Å². The molecule has 11 heavy (non-hydrogen) atoms. The Morgan fingerprint density at radius 3 is 2.91 bits per heavy atom. The Bertz CT molecular complexity index is 199. The summed E-state index contributed by atoms with van der Waals surface area (Å²) in [5, 5.41) is 0. The Balaban J connectivity index is 2.12. The normalized spacial score (nSPS) is 46.8. The van der Waals surface area contributed by atoms with Gasteiger partial charge in [0.1, 0.15) is 7.17 Å². The summed E-state index contributed by atoms with van der Waals surface area (Å²) >= 11 is 0. The van der Waals surface area contributed by atoms with Gasteiger partial charge in [0, 0.05) is 6.04 Å². The maximum Gasteiger partial charge on any atom is 0.209 e. The second-order valence-electron chi connectivity index (χ2n) is 4.19. The predicted molar refractivity (Wildman–Crippen MR) is 48.5 cm³/mol. The molecule has 58 valence electrons. The first-order valence-electron chi connectivity index (χ1n) is 4.44. The van der Waals surface area contributed by atoms with Crippen molar-refractivity contribution in [2.45, 2.75) is 31.7 Å². The van der Waals surface area contributed by atoms with Crippen molar-refractivity contribution >= 4 is 21.3 Å². The highest BCUT2D eigenvalue weighted by Gasteiger charge is 2.60. The molecule has 3 unspecified atom stereocenters. The number of hydrogen-bond acceptors (Lipinski definition) is 1. The molecule has 0 aromatic heterocycles. The highest BCUT2D eigenvalue weighted by atomic mass is 16.1. The lowest BCUT2D eigenvalue weighted by atomic mass is 9.49. The van der Waals surface area contributed by atoms with E-state index in [4.69, 9.17) is 0 Å². The van der Waals surface area contributed by atoms with Crippen molar-refractivity contribution < 1.29 is 4.79 Å². The minimum Gasteiger partial charge on any atom is -0.347 e. The van der Waals surface area contributed by atoms with Gasteiger partial charge in [-0.25, -0.2) is 0 Å². The second kappa shape index (κ2) is 2.05. The molecule has 2 aliphatic rings. The van der Waals surface area contributed by atoms with Gasteiger partial charge in [-0.3, -0.25) is 4.79 Å². The molecule has 1 heterocycles. The van der Waals surface area contributed by atoms with E-state index in [1.54, 1.807) is 0 Å². The van der Waals surface area contributed by atoms with Crippen molar-refractivity contribution in [1.29, 1.82) is 0 Å². The number of amides is 1. The molecule has 1 aliphatic carbocycles. The average molecular weight is 149 g/mol. The van der Waals surface area contributed by atoms with Gasteiger partial charge in [0.25, 0.3) is 0 Å². The monoisotopic (exact) mass is 149 g/mol. The first-order valence-corrected chi connectivity index (χ1v) is 4.44. The van der Waals surface area contributed by atoms with Gasteiger partial charge < -0.3 is 4.90 Å². The Morgan fingerprint density at radius 1 is 1.73 bits per heavy atom. The fourth-order valence-corrected chi connectivity index (χ4v) is 2.48. The maximum absolute atomic E-state index is 10.7. The van der Waals surface area contributed by atoms with Crippen LogP contribution in [0.1, 0.15) is 19.8 Å². The summed E-state index contributed by atoms with van der Waals surface area (Å²) in [5.41, 5.74) is 0.502. The molecule has 0 aromatic rings. The maximum atomic E-state index is 10.7. The standard InChI is InChI=1S/C7H13B2NO/c1-7-2-5(7)10(4-11)6(3-7)9-8/h4-6,9H,2-3,8H2,1H3. The van der Waals surface area contributed by atoms with E-state index in [1.165, 1.54) is 12.8 Å². The van der Waals surface area contributed by atoms with Crippen molar-refractivity contribution in [1.82, 2.24) is 4.90 Å². The van der Waals surface area contributed by atoms with E-state index in [0.29, 0.717) is 17.4 Å². The lowest BCUT2D eigenvalue weighted by molar-refractivity contribution is -0.118. The number of nitrogens with zero attached hydrogens (tertiary/aromatic N) is 1. The molecule has 4 heteroatoms. The SMILES string of the molecule is BBC1CC2(C)CC2N1C=O. The number of carbonyl (C=O) groups is 1. The molecular formula is C7H13B2NO. The number of rotatable bonds is 2. The molecular weight excluding hydrogens is 136 g/mol. The van der Waals surface area contributed by atoms with Crippen LogP contribution in [0.25, 0.3) is 0 Å². The topological polar surface area (TPSA) is 20.3 Å². The largest absolute Gasteiger partial charge is 0.347 e. The predicted octanol–water partition coefficient (Wildman–Crippen LogP) is -1.06. The summed E-state index contributed by atoms with van der Waals surface area (Å²) in [6.45, 7) is 2.30. The third-order valence-corrected chi connectivity index (χ3v) is 3.38. The molecule has 0 aromatic carbocycles. The third-order valence-electron chi connectivity index (χ3n) is 3.38. The van der Waals surface area contributed by atoms with Crippen molar-refractivity contribution in [2.24, 2.45) is 5.41 Å². The number of likely N-dealkylation sites (tertiary alicyclic amines) is 1. The van der Waals surface area contributed by atoms with E-state index in [2.05, 4.69) is 14.7 Å². The summed E-state index contributed by atoms with van der Waals surface area (Å²) in [5.74, 6) is 0.538. The molecule has 1 saturated heterocycles. The first kappa shape index (κ1) is 7.26. The zero-order valence-corrected chi connectivity index (χ0v) is 7.21.